The first-order valence-electron chi connectivity index (χ1n) is 7.23. The number of carbonyl (C=O) groups is 3. The van der Waals surface area contributed by atoms with Crippen LogP contribution in [0.1, 0.15) is 34.6 Å². The first-order valence-corrected chi connectivity index (χ1v) is 8.22. The molecule has 0 radical (unpaired) electrons. The second-order valence-electron chi connectivity index (χ2n) is 6.27. The molecular formula is C15H23N3O4S. The molecule has 0 saturated carbocycles. The van der Waals surface area contributed by atoms with Crippen molar-refractivity contribution in [1.29, 1.82) is 0 Å². The van der Waals surface area contributed by atoms with Crippen LogP contribution in [0.5, 0.6) is 0 Å². The van der Waals surface area contributed by atoms with Crippen molar-refractivity contribution >= 4 is 34.4 Å². The van der Waals surface area contributed by atoms with Crippen LogP contribution in [0, 0.1) is 11.3 Å². The van der Waals surface area contributed by atoms with Gasteiger partial charge in [-0.1, -0.05) is 18.7 Å². The molecule has 0 saturated heterocycles. The third-order valence-electron chi connectivity index (χ3n) is 2.83. The van der Waals surface area contributed by atoms with Crippen molar-refractivity contribution in [2.24, 2.45) is 11.3 Å². The lowest BCUT2D eigenvalue weighted by Gasteiger charge is -2.16. The lowest BCUT2D eigenvalue weighted by molar-refractivity contribution is -0.157. The number of rotatable bonds is 6. The van der Waals surface area contributed by atoms with Gasteiger partial charge < -0.3 is 10.1 Å². The third-order valence-corrected chi connectivity index (χ3v) is 3.90. The van der Waals surface area contributed by atoms with Gasteiger partial charge in [0.15, 0.2) is 11.8 Å². The van der Waals surface area contributed by atoms with E-state index in [0.29, 0.717) is 11.4 Å². The summed E-state index contributed by atoms with van der Waals surface area (Å²) in [5.74, 6) is -0.386. The van der Waals surface area contributed by atoms with E-state index in [4.69, 9.17) is 4.74 Å². The maximum absolute atomic E-state index is 12.0. The minimum Gasteiger partial charge on any atom is -0.442 e. The molecule has 0 fully saturated rings. The Morgan fingerprint density at radius 2 is 2.04 bits per heavy atom. The minimum atomic E-state index is -0.575. The molecule has 0 aliphatic rings. The van der Waals surface area contributed by atoms with E-state index in [1.165, 1.54) is 17.8 Å². The zero-order valence-corrected chi connectivity index (χ0v) is 14.9. The van der Waals surface area contributed by atoms with E-state index in [1.54, 1.807) is 33.9 Å². The van der Waals surface area contributed by atoms with Gasteiger partial charge in [0.1, 0.15) is 0 Å². The molecule has 0 aromatic carbocycles. The summed E-state index contributed by atoms with van der Waals surface area (Å²) in [5.41, 5.74) is -0.0601. The molecule has 1 aromatic heterocycles. The van der Waals surface area contributed by atoms with Crippen LogP contribution in [0.2, 0.25) is 0 Å². The van der Waals surface area contributed by atoms with Crippen LogP contribution in [0.25, 0.3) is 0 Å². The molecule has 128 valence electrons. The molecule has 8 heteroatoms. The molecule has 1 heterocycles. The average molecular weight is 341 g/mol. The number of esters is 1. The van der Waals surface area contributed by atoms with Gasteiger partial charge in [0.2, 0.25) is 5.91 Å². The quantitative estimate of drug-likeness (QED) is 0.798. The maximum atomic E-state index is 12.0. The van der Waals surface area contributed by atoms with Gasteiger partial charge in [0.25, 0.3) is 0 Å². The normalized spacial score (nSPS) is 12.6. The molecule has 1 rings (SSSR count). The van der Waals surface area contributed by atoms with Crippen molar-refractivity contribution in [3.05, 3.63) is 12.4 Å². The largest absolute Gasteiger partial charge is 0.442 e. The number of hydrogen-bond donors (Lipinski definition) is 1. The molecule has 1 amide bonds. The summed E-state index contributed by atoms with van der Waals surface area (Å²) in [6.45, 7) is 8.51. The van der Waals surface area contributed by atoms with Gasteiger partial charge in [-0.05, 0) is 20.8 Å². The Morgan fingerprint density at radius 1 is 1.39 bits per heavy atom. The molecule has 0 bridgehead atoms. The summed E-state index contributed by atoms with van der Waals surface area (Å²) in [5, 5.41) is 6.72. The highest BCUT2D eigenvalue weighted by molar-refractivity contribution is 8.13. The van der Waals surface area contributed by atoms with Crippen molar-refractivity contribution in [2.45, 2.75) is 41.3 Å². The second-order valence-corrected chi connectivity index (χ2v) is 7.47. The van der Waals surface area contributed by atoms with E-state index < -0.39 is 5.41 Å². The molecule has 23 heavy (non-hydrogen) atoms. The summed E-state index contributed by atoms with van der Waals surface area (Å²) >= 11 is 1.12. The summed E-state index contributed by atoms with van der Waals surface area (Å²) in [6, 6.07) is 0. The maximum Gasteiger partial charge on any atom is 0.313 e. The van der Waals surface area contributed by atoms with E-state index in [-0.39, 0.29) is 29.6 Å². The highest BCUT2D eigenvalue weighted by atomic mass is 32.2. The second kappa shape index (κ2) is 8.14. The lowest BCUT2D eigenvalue weighted by atomic mass is 9.98. The Hall–Kier alpha value is -1.83. The average Bonchev–Trinajstić information content (AvgIpc) is 2.88. The molecule has 1 aromatic rings. The van der Waals surface area contributed by atoms with E-state index in [2.05, 4.69) is 10.4 Å². The molecule has 0 aliphatic heterocycles. The summed E-state index contributed by atoms with van der Waals surface area (Å²) in [6.07, 6.45) is 3.06. The number of hydrogen-bond acceptors (Lipinski definition) is 6. The SMILES string of the molecule is CC(=O)SCC(C)C(=O)Nc1cnn(COC(=O)C(C)(C)C)c1. The monoisotopic (exact) mass is 341 g/mol. The topological polar surface area (TPSA) is 90.3 Å². The molecule has 1 N–H and O–H groups in total. The number of ether oxygens (including phenoxy) is 1. The van der Waals surface area contributed by atoms with Crippen LogP contribution < -0.4 is 5.32 Å². The smallest absolute Gasteiger partial charge is 0.313 e. The van der Waals surface area contributed by atoms with Crippen molar-refractivity contribution < 1.29 is 19.1 Å². The first kappa shape index (κ1) is 19.2. The van der Waals surface area contributed by atoms with Crippen molar-refractivity contribution in [3.63, 3.8) is 0 Å². The third kappa shape index (κ3) is 6.85. The fraction of sp³-hybridized carbons (Fsp3) is 0.600. The molecule has 0 aliphatic carbocycles. The Bertz CT molecular complexity index is 578. The molecule has 0 spiro atoms. The molecule has 1 unspecified atom stereocenters. The van der Waals surface area contributed by atoms with Gasteiger partial charge >= 0.3 is 5.97 Å². The van der Waals surface area contributed by atoms with E-state index in [0.717, 1.165) is 11.8 Å². The van der Waals surface area contributed by atoms with E-state index in [1.807, 2.05) is 0 Å². The number of amides is 1. The summed E-state index contributed by atoms with van der Waals surface area (Å²) < 4.78 is 6.56. The zero-order valence-electron chi connectivity index (χ0n) is 14.1. The lowest BCUT2D eigenvalue weighted by Crippen LogP contribution is -2.24. The van der Waals surface area contributed by atoms with E-state index in [9.17, 15) is 14.4 Å². The highest BCUT2D eigenvalue weighted by Gasteiger charge is 2.23. The van der Waals surface area contributed by atoms with Gasteiger partial charge in [-0.25, -0.2) is 4.68 Å². The fourth-order valence-corrected chi connectivity index (χ4v) is 2.06. The van der Waals surface area contributed by atoms with Gasteiger partial charge in [0.05, 0.1) is 23.5 Å². The Balaban J connectivity index is 2.48. The minimum absolute atomic E-state index is 0.0122. The number of aromatic nitrogens is 2. The van der Waals surface area contributed by atoms with Crippen LogP contribution in [-0.2, 0) is 25.9 Å². The van der Waals surface area contributed by atoms with Gasteiger partial charge in [-0.15, -0.1) is 0 Å². The van der Waals surface area contributed by atoms with Crippen molar-refractivity contribution in [1.82, 2.24) is 9.78 Å². The van der Waals surface area contributed by atoms with Gasteiger partial charge in [0, 0.05) is 18.6 Å². The summed E-state index contributed by atoms with van der Waals surface area (Å²) in [4.78, 5) is 34.6. The Kier molecular flexibility index (Phi) is 6.80. The predicted octanol–water partition coefficient (Wildman–Crippen LogP) is 2.28. The number of anilines is 1. The number of nitrogens with one attached hydrogen (secondary N) is 1. The van der Waals surface area contributed by atoms with Crippen molar-refractivity contribution in [2.75, 3.05) is 11.1 Å². The number of carbonyl (C=O) groups excluding carboxylic acids is 3. The van der Waals surface area contributed by atoms with Gasteiger partial charge in [-0.3, -0.25) is 14.4 Å². The number of thioether (sulfide) groups is 1. The van der Waals surface area contributed by atoms with Crippen LogP contribution in [0.4, 0.5) is 5.69 Å². The van der Waals surface area contributed by atoms with E-state index >= 15 is 0 Å². The summed E-state index contributed by atoms with van der Waals surface area (Å²) in [7, 11) is 0. The van der Waals surface area contributed by atoms with Crippen LogP contribution in [-0.4, -0.2) is 32.5 Å². The van der Waals surface area contributed by atoms with Crippen molar-refractivity contribution in [3.8, 4) is 0 Å². The van der Waals surface area contributed by atoms with Crippen LogP contribution in [0.3, 0.4) is 0 Å². The molecule has 7 nitrogen and oxygen atoms in total. The fourth-order valence-electron chi connectivity index (χ4n) is 1.42. The van der Waals surface area contributed by atoms with Crippen LogP contribution in [0.15, 0.2) is 12.4 Å². The Labute approximate surface area is 140 Å². The Morgan fingerprint density at radius 3 is 2.61 bits per heavy atom. The van der Waals surface area contributed by atoms with Crippen LogP contribution >= 0.6 is 11.8 Å². The first-order chi connectivity index (χ1) is 10.6. The number of nitrogens with zero attached hydrogens (tertiary/aromatic N) is 2. The predicted molar refractivity (Wildman–Crippen MR) is 88.7 cm³/mol. The zero-order chi connectivity index (χ0) is 17.6. The highest BCUT2D eigenvalue weighted by Crippen LogP contribution is 2.16. The molecule has 1 atom stereocenters. The molecular weight excluding hydrogens is 318 g/mol. The standard InChI is InChI=1S/C15H23N3O4S/c1-10(8-23-11(2)19)13(20)17-12-6-16-18(7-12)9-22-14(21)15(3,4)5/h6-7,10H,8-9H2,1-5H3,(H,17,20). The van der Waals surface area contributed by atoms with Gasteiger partial charge in [-0.2, -0.15) is 5.10 Å².